The number of nitrogens with one attached hydrogen (secondary N) is 2. The standard InChI is InChI=1S/C20H17N7O2/c28-27(29)18-5-6-19(23-13-15-7-9-21-10-8-15)25-20(18)24-16-1-3-17(4-2-16)26-12-11-22-14-26/h1-12,14H,13H2,(H2,23,24,25). The molecule has 3 aromatic heterocycles. The van der Waals surface area contributed by atoms with Crippen molar-refractivity contribution >= 4 is 23.0 Å². The van der Waals surface area contributed by atoms with Crippen LogP contribution in [0.5, 0.6) is 0 Å². The summed E-state index contributed by atoms with van der Waals surface area (Å²) in [6.07, 6.45) is 8.66. The predicted molar refractivity (Wildman–Crippen MR) is 109 cm³/mol. The second kappa shape index (κ2) is 8.17. The Labute approximate surface area is 166 Å². The van der Waals surface area contributed by atoms with E-state index in [4.69, 9.17) is 0 Å². The molecule has 0 spiro atoms. The van der Waals surface area contributed by atoms with Gasteiger partial charge in [0.2, 0.25) is 5.82 Å². The molecule has 1 aromatic carbocycles. The molecule has 29 heavy (non-hydrogen) atoms. The Morgan fingerprint density at radius 2 is 1.76 bits per heavy atom. The first-order chi connectivity index (χ1) is 14.2. The fourth-order valence-electron chi connectivity index (χ4n) is 2.75. The summed E-state index contributed by atoms with van der Waals surface area (Å²) in [5.41, 5.74) is 2.56. The van der Waals surface area contributed by atoms with Gasteiger partial charge < -0.3 is 15.2 Å². The molecule has 0 saturated carbocycles. The third-order valence-corrected chi connectivity index (χ3v) is 4.23. The van der Waals surface area contributed by atoms with Crippen molar-refractivity contribution in [3.63, 3.8) is 0 Å². The van der Waals surface area contributed by atoms with Gasteiger partial charge in [-0.3, -0.25) is 15.1 Å². The maximum Gasteiger partial charge on any atom is 0.311 e. The highest BCUT2D eigenvalue weighted by Crippen LogP contribution is 2.28. The topological polar surface area (TPSA) is 111 Å². The summed E-state index contributed by atoms with van der Waals surface area (Å²) in [7, 11) is 0. The lowest BCUT2D eigenvalue weighted by atomic mass is 10.2. The van der Waals surface area contributed by atoms with E-state index in [-0.39, 0.29) is 11.5 Å². The Morgan fingerprint density at radius 1 is 0.966 bits per heavy atom. The number of pyridine rings is 2. The summed E-state index contributed by atoms with van der Waals surface area (Å²) < 4.78 is 1.87. The number of anilines is 3. The second-order valence-electron chi connectivity index (χ2n) is 6.17. The molecule has 144 valence electrons. The quantitative estimate of drug-likeness (QED) is 0.365. The maximum atomic E-state index is 11.4. The van der Waals surface area contributed by atoms with Crippen LogP contribution in [0.25, 0.3) is 5.69 Å². The van der Waals surface area contributed by atoms with Crippen LogP contribution in [-0.2, 0) is 6.54 Å². The molecule has 0 unspecified atom stereocenters. The van der Waals surface area contributed by atoms with Crippen LogP contribution in [0.2, 0.25) is 0 Å². The molecule has 0 bridgehead atoms. The number of benzene rings is 1. The molecule has 0 amide bonds. The average molecular weight is 387 g/mol. The van der Waals surface area contributed by atoms with Gasteiger partial charge >= 0.3 is 5.69 Å². The molecule has 0 aliphatic rings. The lowest BCUT2D eigenvalue weighted by Gasteiger charge is -2.11. The smallest absolute Gasteiger partial charge is 0.311 e. The Bertz CT molecular complexity index is 1100. The minimum Gasteiger partial charge on any atom is -0.366 e. The average Bonchev–Trinajstić information content (AvgIpc) is 3.28. The van der Waals surface area contributed by atoms with E-state index in [9.17, 15) is 10.1 Å². The first kappa shape index (κ1) is 18.1. The fraction of sp³-hybridized carbons (Fsp3) is 0.0500. The monoisotopic (exact) mass is 387 g/mol. The highest BCUT2D eigenvalue weighted by Gasteiger charge is 2.16. The van der Waals surface area contributed by atoms with Crippen molar-refractivity contribution in [1.82, 2.24) is 19.5 Å². The molecular weight excluding hydrogens is 370 g/mol. The molecule has 0 saturated heterocycles. The van der Waals surface area contributed by atoms with Gasteiger partial charge in [-0.2, -0.15) is 0 Å². The minimum atomic E-state index is -0.457. The molecule has 3 heterocycles. The lowest BCUT2D eigenvalue weighted by Crippen LogP contribution is -2.05. The summed E-state index contributed by atoms with van der Waals surface area (Å²) >= 11 is 0. The van der Waals surface area contributed by atoms with E-state index >= 15 is 0 Å². The van der Waals surface area contributed by atoms with E-state index in [1.54, 1.807) is 31.0 Å². The van der Waals surface area contributed by atoms with Gasteiger partial charge in [0.05, 0.1) is 11.3 Å². The summed E-state index contributed by atoms with van der Waals surface area (Å²) in [5, 5.41) is 17.6. The fourth-order valence-corrected chi connectivity index (χ4v) is 2.75. The number of nitro groups is 1. The third-order valence-electron chi connectivity index (χ3n) is 4.23. The van der Waals surface area contributed by atoms with Gasteiger partial charge in [0.25, 0.3) is 0 Å². The van der Waals surface area contributed by atoms with Crippen LogP contribution < -0.4 is 10.6 Å². The van der Waals surface area contributed by atoms with Crippen LogP contribution in [0.1, 0.15) is 5.56 Å². The van der Waals surface area contributed by atoms with Crippen LogP contribution in [0, 0.1) is 10.1 Å². The minimum absolute atomic E-state index is 0.0989. The number of hydrogen-bond acceptors (Lipinski definition) is 7. The van der Waals surface area contributed by atoms with E-state index in [2.05, 4.69) is 25.6 Å². The first-order valence-corrected chi connectivity index (χ1v) is 8.83. The van der Waals surface area contributed by atoms with Crippen molar-refractivity contribution in [2.24, 2.45) is 0 Å². The number of imidazole rings is 1. The molecule has 0 fully saturated rings. The summed E-state index contributed by atoms with van der Waals surface area (Å²) in [5.74, 6) is 0.704. The summed E-state index contributed by atoms with van der Waals surface area (Å²) in [4.78, 5) is 23.3. The van der Waals surface area contributed by atoms with Crippen molar-refractivity contribution in [3.05, 3.63) is 95.3 Å². The SMILES string of the molecule is O=[N+]([O-])c1ccc(NCc2ccncc2)nc1Nc1ccc(-n2ccnc2)cc1. The van der Waals surface area contributed by atoms with Crippen molar-refractivity contribution in [3.8, 4) is 5.69 Å². The van der Waals surface area contributed by atoms with Gasteiger partial charge in [-0.25, -0.2) is 9.97 Å². The Balaban J connectivity index is 1.53. The van der Waals surface area contributed by atoms with Crippen molar-refractivity contribution < 1.29 is 4.92 Å². The van der Waals surface area contributed by atoms with Gasteiger partial charge in [0.1, 0.15) is 5.82 Å². The Hall–Kier alpha value is -4.27. The highest BCUT2D eigenvalue weighted by molar-refractivity contribution is 5.68. The number of aromatic nitrogens is 4. The van der Waals surface area contributed by atoms with Crippen LogP contribution in [0.4, 0.5) is 23.0 Å². The molecule has 9 heteroatoms. The second-order valence-corrected chi connectivity index (χ2v) is 6.17. The molecule has 4 aromatic rings. The number of hydrogen-bond donors (Lipinski definition) is 2. The van der Waals surface area contributed by atoms with Gasteiger partial charge in [0.15, 0.2) is 0 Å². The molecular formula is C20H17N7O2. The predicted octanol–water partition coefficient (Wildman–Crippen LogP) is 3.93. The van der Waals surface area contributed by atoms with Gasteiger partial charge in [-0.1, -0.05) is 0 Å². The first-order valence-electron chi connectivity index (χ1n) is 8.83. The summed E-state index contributed by atoms with van der Waals surface area (Å²) in [6.45, 7) is 0.534. The maximum absolute atomic E-state index is 11.4. The zero-order chi connectivity index (χ0) is 20.1. The number of nitrogens with zero attached hydrogens (tertiary/aromatic N) is 5. The van der Waals surface area contributed by atoms with Crippen LogP contribution >= 0.6 is 0 Å². The third kappa shape index (κ3) is 4.35. The zero-order valence-electron chi connectivity index (χ0n) is 15.3. The molecule has 4 rings (SSSR count). The van der Waals surface area contributed by atoms with Crippen molar-refractivity contribution in [2.75, 3.05) is 10.6 Å². The van der Waals surface area contributed by atoms with Crippen molar-refractivity contribution in [1.29, 1.82) is 0 Å². The molecule has 0 aliphatic heterocycles. The molecule has 0 atom stereocenters. The van der Waals surface area contributed by atoms with Gasteiger partial charge in [-0.15, -0.1) is 0 Å². The van der Waals surface area contributed by atoms with Gasteiger partial charge in [-0.05, 0) is 48.0 Å². The molecule has 0 radical (unpaired) electrons. The lowest BCUT2D eigenvalue weighted by molar-refractivity contribution is -0.384. The zero-order valence-corrected chi connectivity index (χ0v) is 15.3. The Morgan fingerprint density at radius 3 is 2.45 bits per heavy atom. The van der Waals surface area contributed by atoms with Crippen LogP contribution in [0.3, 0.4) is 0 Å². The highest BCUT2D eigenvalue weighted by atomic mass is 16.6. The van der Waals surface area contributed by atoms with E-state index in [1.165, 1.54) is 6.07 Å². The Kier molecular flexibility index (Phi) is 5.10. The number of rotatable bonds is 7. The van der Waals surface area contributed by atoms with E-state index in [0.717, 1.165) is 11.3 Å². The largest absolute Gasteiger partial charge is 0.366 e. The van der Waals surface area contributed by atoms with E-state index in [0.29, 0.717) is 18.1 Å². The van der Waals surface area contributed by atoms with E-state index in [1.807, 2.05) is 47.2 Å². The van der Waals surface area contributed by atoms with Crippen LogP contribution in [-0.4, -0.2) is 24.4 Å². The molecule has 0 aliphatic carbocycles. The summed E-state index contributed by atoms with van der Waals surface area (Å²) in [6, 6.07) is 14.2. The van der Waals surface area contributed by atoms with Crippen molar-refractivity contribution in [2.45, 2.75) is 6.54 Å². The molecule has 9 nitrogen and oxygen atoms in total. The van der Waals surface area contributed by atoms with E-state index < -0.39 is 4.92 Å². The van der Waals surface area contributed by atoms with Gasteiger partial charge in [0, 0.05) is 48.8 Å². The normalized spacial score (nSPS) is 10.5. The van der Waals surface area contributed by atoms with Crippen LogP contribution in [0.15, 0.2) is 79.6 Å². The molecule has 2 N–H and O–H groups in total.